The molecule has 1 atom stereocenters. The number of nitrogens with zero attached hydrogens (tertiary/aromatic N) is 2. The molecule has 1 unspecified atom stereocenters. The van der Waals surface area contributed by atoms with Gasteiger partial charge in [-0.1, -0.05) is 131 Å². The predicted molar refractivity (Wildman–Crippen MR) is 164 cm³/mol. The third-order valence-corrected chi connectivity index (χ3v) is 8.90. The van der Waals surface area contributed by atoms with E-state index in [2.05, 4.69) is 61.3 Å². The van der Waals surface area contributed by atoms with Crippen molar-refractivity contribution in [3.63, 3.8) is 0 Å². The molecule has 4 heteroatoms. The quantitative estimate of drug-likeness (QED) is 0.153. The average molecular weight is 538 g/mol. The van der Waals surface area contributed by atoms with Crippen molar-refractivity contribution in [2.75, 3.05) is 26.8 Å². The van der Waals surface area contributed by atoms with Gasteiger partial charge in [0.05, 0.1) is 13.6 Å². The molecule has 0 spiro atoms. The number of quaternary nitrogens is 1. The molecule has 3 aromatic carbocycles. The van der Waals surface area contributed by atoms with Gasteiger partial charge in [0.15, 0.2) is 12.4 Å². The number of Topliss-reactive ketones (excluding diaryl/α,β-unsaturated/α-hetero) is 2. The minimum absolute atomic E-state index is 0.0184. The Hall–Kier alpha value is -3.24. The molecule has 1 aliphatic heterocycles. The molecule has 1 heterocycles. The molecule has 1 aliphatic carbocycles. The second-order valence-corrected chi connectivity index (χ2v) is 12.0. The number of carbonyl (C=O) groups is 2. The van der Waals surface area contributed by atoms with Crippen molar-refractivity contribution in [1.29, 1.82) is 0 Å². The van der Waals surface area contributed by atoms with Crippen LogP contribution in [0.1, 0.15) is 97.4 Å². The number of rotatable bonds is 14. The van der Waals surface area contributed by atoms with Gasteiger partial charge in [0, 0.05) is 24.1 Å². The Morgan fingerprint density at radius 1 is 0.700 bits per heavy atom. The highest BCUT2D eigenvalue weighted by Crippen LogP contribution is 2.39. The van der Waals surface area contributed by atoms with Crippen LogP contribution < -0.4 is 0 Å². The zero-order valence-electron chi connectivity index (χ0n) is 24.5. The van der Waals surface area contributed by atoms with E-state index >= 15 is 0 Å². The number of hydrogen-bond donors (Lipinski definition) is 0. The molecular weight excluding hydrogens is 492 g/mol. The molecule has 210 valence electrons. The maximum Gasteiger partial charge on any atom is 0.249 e. The van der Waals surface area contributed by atoms with Gasteiger partial charge in [0.2, 0.25) is 17.3 Å². The van der Waals surface area contributed by atoms with E-state index in [1.165, 1.54) is 74.1 Å². The van der Waals surface area contributed by atoms with Gasteiger partial charge in [-0.25, -0.2) is 0 Å². The third kappa shape index (κ3) is 6.07. The monoisotopic (exact) mass is 537 g/mol. The van der Waals surface area contributed by atoms with Gasteiger partial charge < -0.3 is 4.90 Å². The SMILES string of the molecule is CCCCCCCCCCCCN1C[N+](C)(CCc2ccc3ccccc3c2)C2=C1C(=O)c1ccccc1C2=O. The third-order valence-electron chi connectivity index (χ3n) is 8.90. The molecule has 4 nitrogen and oxygen atoms in total. The molecule has 0 saturated carbocycles. The second kappa shape index (κ2) is 13.0. The number of unbranched alkanes of at least 4 members (excludes halogenated alkanes) is 9. The maximum absolute atomic E-state index is 13.9. The highest BCUT2D eigenvalue weighted by atomic mass is 16.1. The first-order chi connectivity index (χ1) is 19.5. The summed E-state index contributed by atoms with van der Waals surface area (Å²) in [5, 5.41) is 2.48. The normalized spacial score (nSPS) is 18.5. The Labute approximate surface area is 240 Å². The number of hydrogen-bond acceptors (Lipinski definition) is 3. The number of fused-ring (bicyclic) bond motifs is 2. The summed E-state index contributed by atoms with van der Waals surface area (Å²) in [6.45, 7) is 4.57. The summed E-state index contributed by atoms with van der Waals surface area (Å²) >= 11 is 0. The Morgan fingerprint density at radius 2 is 1.30 bits per heavy atom. The first kappa shape index (κ1) is 28.3. The van der Waals surface area contributed by atoms with Crippen LogP contribution in [0.2, 0.25) is 0 Å². The Kier molecular flexibility index (Phi) is 9.16. The summed E-state index contributed by atoms with van der Waals surface area (Å²) in [6.07, 6.45) is 13.7. The molecule has 0 fully saturated rings. The summed E-state index contributed by atoms with van der Waals surface area (Å²) in [6, 6.07) is 22.4. The van der Waals surface area contributed by atoms with E-state index in [-0.39, 0.29) is 11.6 Å². The van der Waals surface area contributed by atoms with Crippen LogP contribution in [0.15, 0.2) is 78.1 Å². The zero-order valence-corrected chi connectivity index (χ0v) is 24.5. The molecule has 0 N–H and O–H groups in total. The van der Waals surface area contributed by atoms with E-state index < -0.39 is 0 Å². The number of allylic oxidation sites excluding steroid dienone is 2. The lowest BCUT2D eigenvalue weighted by Crippen LogP contribution is -2.47. The topological polar surface area (TPSA) is 37.4 Å². The van der Waals surface area contributed by atoms with Crippen molar-refractivity contribution in [3.05, 3.63) is 94.8 Å². The van der Waals surface area contributed by atoms with Crippen molar-refractivity contribution in [2.45, 2.75) is 77.6 Å². The molecule has 3 aromatic rings. The lowest BCUT2D eigenvalue weighted by molar-refractivity contribution is -0.869. The summed E-state index contributed by atoms with van der Waals surface area (Å²) in [5.41, 5.74) is 3.73. The summed E-state index contributed by atoms with van der Waals surface area (Å²) in [5.74, 6) is 0.0432. The fourth-order valence-corrected chi connectivity index (χ4v) is 6.59. The highest BCUT2D eigenvalue weighted by Gasteiger charge is 2.51. The predicted octanol–water partition coefficient (Wildman–Crippen LogP) is 8.31. The van der Waals surface area contributed by atoms with Gasteiger partial charge >= 0.3 is 0 Å². The molecule has 0 bridgehead atoms. The van der Waals surface area contributed by atoms with Crippen LogP contribution in [0.5, 0.6) is 0 Å². The maximum atomic E-state index is 13.9. The zero-order chi connectivity index (χ0) is 28.0. The molecule has 0 amide bonds. The van der Waals surface area contributed by atoms with Gasteiger partial charge in [0.1, 0.15) is 0 Å². The van der Waals surface area contributed by atoms with E-state index in [9.17, 15) is 9.59 Å². The highest BCUT2D eigenvalue weighted by molar-refractivity contribution is 6.26. The lowest BCUT2D eigenvalue weighted by atomic mass is 9.89. The molecule has 40 heavy (non-hydrogen) atoms. The summed E-state index contributed by atoms with van der Waals surface area (Å²) < 4.78 is 0.485. The van der Waals surface area contributed by atoms with Crippen molar-refractivity contribution < 1.29 is 14.1 Å². The molecule has 0 radical (unpaired) electrons. The molecule has 0 saturated heterocycles. The summed E-state index contributed by atoms with van der Waals surface area (Å²) in [7, 11) is 2.15. The Balaban J connectivity index is 1.27. The van der Waals surface area contributed by atoms with Crippen LogP contribution in [-0.4, -0.2) is 47.8 Å². The lowest BCUT2D eigenvalue weighted by Gasteiger charge is -2.32. The van der Waals surface area contributed by atoms with Gasteiger partial charge in [-0.15, -0.1) is 0 Å². The number of carbonyl (C=O) groups excluding carboxylic acids is 2. The average Bonchev–Trinajstić information content (AvgIpc) is 3.28. The van der Waals surface area contributed by atoms with Crippen LogP contribution >= 0.6 is 0 Å². The molecule has 0 aromatic heterocycles. The second-order valence-electron chi connectivity index (χ2n) is 12.0. The van der Waals surface area contributed by atoms with Crippen molar-refractivity contribution in [3.8, 4) is 0 Å². The van der Waals surface area contributed by atoms with Gasteiger partial charge in [-0.2, -0.15) is 0 Å². The molecule has 5 rings (SSSR count). The van der Waals surface area contributed by atoms with Crippen molar-refractivity contribution in [2.24, 2.45) is 0 Å². The molecule has 2 aliphatic rings. The first-order valence-corrected chi connectivity index (χ1v) is 15.5. The minimum atomic E-state index is 0.0184. The van der Waals surface area contributed by atoms with E-state index in [1.54, 1.807) is 0 Å². The van der Waals surface area contributed by atoms with Crippen LogP contribution in [-0.2, 0) is 6.42 Å². The van der Waals surface area contributed by atoms with E-state index in [0.717, 1.165) is 25.9 Å². The van der Waals surface area contributed by atoms with Gasteiger partial charge in [-0.05, 0) is 22.8 Å². The van der Waals surface area contributed by atoms with Crippen LogP contribution in [0.4, 0.5) is 0 Å². The standard InChI is InChI=1S/C36H45N2O2/c1-3-4-5-6-7-8-9-10-11-16-24-37-27-38(2,25-23-28-21-22-29-17-12-13-18-30(29)26-28)34-33(37)35(39)31-19-14-15-20-32(31)36(34)40/h12-15,17-22,26H,3-11,16,23-25,27H2,1-2H3/q+1. The van der Waals surface area contributed by atoms with Crippen LogP contribution in [0.25, 0.3) is 10.8 Å². The summed E-state index contributed by atoms with van der Waals surface area (Å²) in [4.78, 5) is 29.9. The number of likely N-dealkylation sites (N-methyl/N-ethyl adjacent to an activating group) is 1. The van der Waals surface area contributed by atoms with E-state index in [4.69, 9.17) is 0 Å². The van der Waals surface area contributed by atoms with Gasteiger partial charge in [-0.3, -0.25) is 14.1 Å². The fraction of sp³-hybridized carbons (Fsp3) is 0.444. The first-order valence-electron chi connectivity index (χ1n) is 15.5. The van der Waals surface area contributed by atoms with Crippen LogP contribution in [0, 0.1) is 0 Å². The smallest absolute Gasteiger partial charge is 0.249 e. The molecular formula is C36H45N2O2+. The van der Waals surface area contributed by atoms with Crippen molar-refractivity contribution in [1.82, 2.24) is 4.90 Å². The fourth-order valence-electron chi connectivity index (χ4n) is 6.59. The Morgan fingerprint density at radius 3 is 2.00 bits per heavy atom. The number of ketones is 2. The van der Waals surface area contributed by atoms with Crippen LogP contribution in [0.3, 0.4) is 0 Å². The van der Waals surface area contributed by atoms with E-state index in [0.29, 0.717) is 33.7 Å². The minimum Gasteiger partial charge on any atom is -0.316 e. The largest absolute Gasteiger partial charge is 0.316 e. The number of benzene rings is 3. The van der Waals surface area contributed by atoms with Crippen molar-refractivity contribution >= 4 is 22.3 Å². The Bertz CT molecular complexity index is 1390. The van der Waals surface area contributed by atoms with Gasteiger partial charge in [0.25, 0.3) is 0 Å². The van der Waals surface area contributed by atoms with E-state index in [1.807, 2.05) is 24.3 Å².